The second-order valence-corrected chi connectivity index (χ2v) is 7.14. The van der Waals surface area contributed by atoms with E-state index in [2.05, 4.69) is 15.3 Å². The lowest BCUT2D eigenvalue weighted by Gasteiger charge is -2.55. The van der Waals surface area contributed by atoms with Gasteiger partial charge in [-0.25, -0.2) is 18.5 Å². The summed E-state index contributed by atoms with van der Waals surface area (Å²) in [4.78, 5) is 7.85. The Morgan fingerprint density at radius 1 is 1.45 bits per heavy atom. The third-order valence-corrected chi connectivity index (χ3v) is 5.28. The van der Waals surface area contributed by atoms with Crippen LogP contribution >= 0.6 is 0 Å². The van der Waals surface area contributed by atoms with E-state index in [1.165, 1.54) is 6.20 Å². The quantitative estimate of drug-likeness (QED) is 0.898. The molecule has 0 amide bonds. The first-order chi connectivity index (χ1) is 9.31. The molecule has 0 aromatic carbocycles. The number of hydrogen-bond acceptors (Lipinski definition) is 4. The number of halogens is 2. The topological polar surface area (TPSA) is 58.1 Å². The summed E-state index contributed by atoms with van der Waals surface area (Å²) in [6, 6.07) is 0. The first-order valence-corrected chi connectivity index (χ1v) is 7.51. The number of aryl methyl sites for hydroxylation is 1. The highest BCUT2D eigenvalue weighted by atomic mass is 32.2. The fourth-order valence-electron chi connectivity index (χ4n) is 2.50. The number of aromatic nitrogens is 2. The first-order valence-electron chi connectivity index (χ1n) is 6.40. The minimum atomic E-state index is -3.08. The predicted octanol–water partition coefficient (Wildman–Crippen LogP) is 0.825. The third kappa shape index (κ3) is 2.25. The molecular weight excluding hydrogens is 286 g/mol. The van der Waals surface area contributed by atoms with E-state index in [1.54, 1.807) is 6.92 Å². The maximum atomic E-state index is 13.1. The lowest BCUT2D eigenvalue weighted by atomic mass is 9.76. The fourth-order valence-corrected chi connectivity index (χ4v) is 4.00. The van der Waals surface area contributed by atoms with Crippen molar-refractivity contribution >= 4 is 11.0 Å². The Labute approximate surface area is 118 Å². The largest absolute Gasteiger partial charge is 0.315 e. The number of nitrogens with zero attached hydrogens (tertiary/aromatic N) is 3. The number of rotatable bonds is 3. The van der Waals surface area contributed by atoms with E-state index in [4.69, 9.17) is 0 Å². The zero-order valence-corrected chi connectivity index (χ0v) is 12.1. The van der Waals surface area contributed by atoms with Crippen LogP contribution in [-0.2, 0) is 16.9 Å². The van der Waals surface area contributed by atoms with E-state index >= 15 is 0 Å². The van der Waals surface area contributed by atoms with Crippen LogP contribution < -0.4 is 5.32 Å². The van der Waals surface area contributed by atoms with Crippen molar-refractivity contribution in [1.82, 2.24) is 19.6 Å². The zero-order chi connectivity index (χ0) is 14.5. The van der Waals surface area contributed by atoms with Crippen molar-refractivity contribution < 1.29 is 13.0 Å². The molecule has 5 nitrogen and oxygen atoms in total. The molecule has 2 aliphatic rings. The summed E-state index contributed by atoms with van der Waals surface area (Å²) in [5.41, 5.74) is 0.614. The van der Waals surface area contributed by atoms with Gasteiger partial charge < -0.3 is 5.32 Å². The monoisotopic (exact) mass is 302 g/mol. The van der Waals surface area contributed by atoms with E-state index in [-0.39, 0.29) is 5.41 Å². The van der Waals surface area contributed by atoms with Crippen molar-refractivity contribution in [2.24, 2.45) is 5.41 Å². The molecule has 0 radical (unpaired) electrons. The third-order valence-electron chi connectivity index (χ3n) is 3.77. The summed E-state index contributed by atoms with van der Waals surface area (Å²) >= 11 is 0. The van der Waals surface area contributed by atoms with E-state index in [1.807, 2.05) is 4.31 Å². The standard InChI is InChI=1S/C12H16F2N4OS/c1-8-9(3-16-10(17-8)11(2,13)14)20(19)18-6-12(7-18)4-15-5-12/h3,15H,4-7H2,1-2H3. The maximum absolute atomic E-state index is 13.1. The Kier molecular flexibility index (Phi) is 3.15. The average molecular weight is 302 g/mol. The van der Waals surface area contributed by atoms with Crippen LogP contribution in [0.25, 0.3) is 0 Å². The molecule has 110 valence electrons. The minimum Gasteiger partial charge on any atom is -0.315 e. The van der Waals surface area contributed by atoms with Gasteiger partial charge in [0, 0.05) is 44.7 Å². The Morgan fingerprint density at radius 3 is 2.55 bits per heavy atom. The van der Waals surface area contributed by atoms with Gasteiger partial charge in [-0.3, -0.25) is 0 Å². The highest BCUT2D eigenvalue weighted by Gasteiger charge is 2.49. The molecule has 2 saturated heterocycles. The van der Waals surface area contributed by atoms with Crippen molar-refractivity contribution in [3.8, 4) is 0 Å². The zero-order valence-electron chi connectivity index (χ0n) is 11.3. The lowest BCUT2D eigenvalue weighted by Crippen LogP contribution is -2.71. The Balaban J connectivity index is 1.76. The predicted molar refractivity (Wildman–Crippen MR) is 69.6 cm³/mol. The van der Waals surface area contributed by atoms with Crippen LogP contribution in [0.3, 0.4) is 0 Å². The summed E-state index contributed by atoms with van der Waals surface area (Å²) in [5, 5.41) is 3.20. The second-order valence-electron chi connectivity index (χ2n) is 5.68. The van der Waals surface area contributed by atoms with Gasteiger partial charge in [-0.2, -0.15) is 8.78 Å². The first kappa shape index (κ1) is 14.0. The van der Waals surface area contributed by atoms with Gasteiger partial charge in [0.15, 0.2) is 5.82 Å². The van der Waals surface area contributed by atoms with Crippen molar-refractivity contribution in [3.05, 3.63) is 17.7 Å². The molecule has 3 heterocycles. The van der Waals surface area contributed by atoms with Crippen LogP contribution in [0.4, 0.5) is 8.78 Å². The van der Waals surface area contributed by atoms with Crippen molar-refractivity contribution in [2.45, 2.75) is 24.7 Å². The average Bonchev–Trinajstić information content (AvgIpc) is 2.23. The minimum absolute atomic E-state index is 0.265. The molecule has 1 atom stereocenters. The summed E-state index contributed by atoms with van der Waals surface area (Å²) in [5.74, 6) is -3.61. The van der Waals surface area contributed by atoms with Crippen molar-refractivity contribution in [3.63, 3.8) is 0 Å². The van der Waals surface area contributed by atoms with Gasteiger partial charge in [-0.1, -0.05) is 0 Å². The second kappa shape index (κ2) is 4.51. The summed E-state index contributed by atoms with van der Waals surface area (Å²) in [6.07, 6.45) is 1.26. The number of hydrogen-bond donors (Lipinski definition) is 1. The molecule has 1 unspecified atom stereocenters. The van der Waals surface area contributed by atoms with E-state index in [9.17, 15) is 13.0 Å². The van der Waals surface area contributed by atoms with Crippen LogP contribution in [0, 0.1) is 12.3 Å². The SMILES string of the molecule is Cc1nc(C(C)(F)F)ncc1S(=O)N1CC2(CNC2)C1. The molecule has 0 bridgehead atoms. The van der Waals surface area contributed by atoms with Gasteiger partial charge in [-0.05, 0) is 6.92 Å². The molecule has 0 saturated carbocycles. The lowest BCUT2D eigenvalue weighted by molar-refractivity contribution is 0.00723. The van der Waals surface area contributed by atoms with Crippen LogP contribution in [0.2, 0.25) is 0 Å². The molecule has 20 heavy (non-hydrogen) atoms. The molecule has 8 heteroatoms. The molecule has 1 aromatic heterocycles. The number of alkyl halides is 2. The molecule has 1 spiro atoms. The van der Waals surface area contributed by atoms with Crippen LogP contribution in [0.1, 0.15) is 18.4 Å². The Morgan fingerprint density at radius 2 is 2.10 bits per heavy atom. The van der Waals surface area contributed by atoms with Crippen LogP contribution in [-0.4, -0.2) is 44.7 Å². The van der Waals surface area contributed by atoms with Gasteiger partial charge in [0.25, 0.3) is 0 Å². The Bertz CT molecular complexity index is 563. The molecule has 0 aliphatic carbocycles. The smallest absolute Gasteiger partial charge is 0.303 e. The normalized spacial score (nSPS) is 23.2. The summed E-state index contributed by atoms with van der Waals surface area (Å²) < 4.78 is 40.5. The fraction of sp³-hybridized carbons (Fsp3) is 0.667. The van der Waals surface area contributed by atoms with Gasteiger partial charge in [0.05, 0.1) is 10.6 Å². The van der Waals surface area contributed by atoms with Crippen molar-refractivity contribution in [1.29, 1.82) is 0 Å². The van der Waals surface area contributed by atoms with Crippen LogP contribution in [0.5, 0.6) is 0 Å². The van der Waals surface area contributed by atoms with E-state index in [0.29, 0.717) is 10.6 Å². The summed E-state index contributed by atoms with van der Waals surface area (Å²) in [6.45, 7) is 5.77. The van der Waals surface area contributed by atoms with Crippen molar-refractivity contribution in [2.75, 3.05) is 26.2 Å². The molecule has 2 fully saturated rings. The van der Waals surface area contributed by atoms with E-state index in [0.717, 1.165) is 33.1 Å². The highest BCUT2D eigenvalue weighted by Crippen LogP contribution is 2.36. The molecule has 1 aromatic rings. The summed E-state index contributed by atoms with van der Waals surface area (Å²) in [7, 11) is -1.37. The van der Waals surface area contributed by atoms with Gasteiger partial charge in [-0.15, -0.1) is 0 Å². The van der Waals surface area contributed by atoms with E-state index < -0.39 is 22.7 Å². The van der Waals surface area contributed by atoms with Gasteiger partial charge in [0.2, 0.25) is 0 Å². The Hall–Kier alpha value is -0.990. The van der Waals surface area contributed by atoms with Crippen LogP contribution in [0.15, 0.2) is 11.1 Å². The highest BCUT2D eigenvalue weighted by molar-refractivity contribution is 7.82. The molecule has 2 aliphatic heterocycles. The van der Waals surface area contributed by atoms with Gasteiger partial charge >= 0.3 is 5.92 Å². The van der Waals surface area contributed by atoms with Gasteiger partial charge in [0.1, 0.15) is 11.0 Å². The molecular formula is C12H16F2N4OS. The maximum Gasteiger partial charge on any atom is 0.303 e. The molecule has 3 rings (SSSR count). The number of nitrogens with one attached hydrogen (secondary N) is 1. The molecule has 1 N–H and O–H groups in total.